The van der Waals surface area contributed by atoms with E-state index in [1.807, 2.05) is 0 Å². The molecule has 9 atom stereocenters. The van der Waals surface area contributed by atoms with Gasteiger partial charge in [-0.05, 0) is 63.7 Å². The van der Waals surface area contributed by atoms with Crippen molar-refractivity contribution in [2.45, 2.75) is 76.0 Å². The number of carboxylic acids is 1. The monoisotopic (exact) mass is 826 g/mol. The Kier molecular flexibility index (Phi) is 12.3. The Labute approximate surface area is 336 Å². The summed E-state index contributed by atoms with van der Waals surface area (Å²) in [4.78, 5) is 55.0. The summed E-state index contributed by atoms with van der Waals surface area (Å²) in [5, 5.41) is 89.8. The number of ketones is 2. The first kappa shape index (κ1) is 43.4. The quantitative estimate of drug-likeness (QED) is 0.0835. The minimum Gasteiger partial charge on any atom is -0.507 e. The maximum Gasteiger partial charge on any atom is 0.325 e. The van der Waals surface area contributed by atoms with Gasteiger partial charge in [-0.25, -0.2) is 0 Å². The predicted octanol–water partition coefficient (Wildman–Crippen LogP) is 0.619. The summed E-state index contributed by atoms with van der Waals surface area (Å²) in [6.45, 7) is 3.03. The number of aryl methyl sites for hydroxylation is 1. The first-order chi connectivity index (χ1) is 27.9. The van der Waals surface area contributed by atoms with Gasteiger partial charge in [0.1, 0.15) is 53.5 Å². The summed E-state index contributed by atoms with van der Waals surface area (Å²) >= 11 is 0. The zero-order valence-electron chi connectivity index (χ0n) is 32.8. The topological polar surface area (TPSA) is 292 Å². The van der Waals surface area contributed by atoms with Crippen molar-refractivity contribution in [1.29, 1.82) is 0 Å². The second-order valence-electron chi connectivity index (χ2n) is 14.7. The number of aliphatic carboxylic acids is 1. The molecule has 3 aromatic carbocycles. The molecule has 19 heteroatoms. The van der Waals surface area contributed by atoms with E-state index in [9.17, 15) is 60.0 Å². The summed E-state index contributed by atoms with van der Waals surface area (Å²) < 4.78 is 29.1. The number of benzene rings is 3. The van der Waals surface area contributed by atoms with E-state index in [1.165, 1.54) is 33.1 Å². The molecule has 2 aliphatic carbocycles. The van der Waals surface area contributed by atoms with Crippen LogP contribution >= 0.6 is 0 Å². The van der Waals surface area contributed by atoms with Crippen molar-refractivity contribution < 1.29 is 83.7 Å². The summed E-state index contributed by atoms with van der Waals surface area (Å²) in [5.74, 6) is -6.50. The van der Waals surface area contributed by atoms with Crippen LogP contribution < -0.4 is 10.1 Å². The Hall–Kier alpha value is -5.22. The molecule has 3 aliphatic rings. The van der Waals surface area contributed by atoms with E-state index in [4.69, 9.17) is 23.7 Å². The highest BCUT2D eigenvalue weighted by atomic mass is 16.7. The molecule has 0 saturated carbocycles. The maximum absolute atomic E-state index is 14.1. The minimum absolute atomic E-state index is 0.0268. The second kappa shape index (κ2) is 16.8. The lowest BCUT2D eigenvalue weighted by molar-refractivity contribution is -0.327. The number of carbonyl (C=O) groups excluding carboxylic acids is 3. The summed E-state index contributed by atoms with van der Waals surface area (Å²) in [6.07, 6.45) is -10.0. The first-order valence-electron chi connectivity index (χ1n) is 18.5. The van der Waals surface area contributed by atoms with Crippen LogP contribution in [0.15, 0.2) is 24.3 Å². The smallest absolute Gasteiger partial charge is 0.325 e. The molecular weight excluding hydrogens is 780 g/mol. The third-order valence-corrected chi connectivity index (χ3v) is 10.7. The standard InChI is InChI=1S/C40H46N2O17/c1-14-9-21-27(33(49)24(14)38(52)41-15(2)39(53)54)26-19(12-20-28(34(26)50)31(47)18-10-17(55-6)11-22(45)25(18)30(20)46)32(48)36(21)59-40-35(51)37(29(42(4)5)16(3)57-40)58-23(13-44)56-8-7-43/h9-12,15-16,23,29,32,35-37,40,43-45,48-51H,7-8,13H2,1-6H3,(H,41,52)(H,53,54)/t15?,16?,23?,29?,32-,35?,36-,37?,40?/m0/s1. The molecule has 0 bridgehead atoms. The molecule has 1 aliphatic heterocycles. The van der Waals surface area contributed by atoms with Crippen molar-refractivity contribution in [3.05, 3.63) is 68.8 Å². The molecule has 6 rings (SSSR count). The molecule has 1 amide bonds. The Morgan fingerprint density at radius 2 is 1.58 bits per heavy atom. The van der Waals surface area contributed by atoms with Crippen LogP contribution in [-0.4, -0.2) is 153 Å². The third-order valence-electron chi connectivity index (χ3n) is 10.7. The number of carbonyl (C=O) groups is 4. The van der Waals surface area contributed by atoms with Crippen LogP contribution in [0.3, 0.4) is 0 Å². The number of carboxylic acid groups (broad SMARTS) is 1. The van der Waals surface area contributed by atoms with E-state index >= 15 is 0 Å². The molecule has 9 N–H and O–H groups in total. The van der Waals surface area contributed by atoms with Crippen LogP contribution in [0.25, 0.3) is 11.1 Å². The number of rotatable bonds is 13. The van der Waals surface area contributed by atoms with Gasteiger partial charge in [0.05, 0.1) is 55.8 Å². The summed E-state index contributed by atoms with van der Waals surface area (Å²) in [5.41, 5.74) is -3.14. The fraction of sp³-hybridized carbons (Fsp3) is 0.450. The number of nitrogens with one attached hydrogen (secondary N) is 1. The molecule has 318 valence electrons. The van der Waals surface area contributed by atoms with Crippen molar-refractivity contribution in [1.82, 2.24) is 10.2 Å². The lowest BCUT2D eigenvalue weighted by atomic mass is 9.74. The van der Waals surface area contributed by atoms with E-state index in [-0.39, 0.29) is 52.3 Å². The molecule has 0 spiro atoms. The normalized spacial score (nSPS) is 24.4. The van der Waals surface area contributed by atoms with Gasteiger partial charge in [0.15, 0.2) is 24.1 Å². The van der Waals surface area contributed by atoms with Crippen molar-refractivity contribution >= 4 is 23.4 Å². The SMILES string of the molecule is COc1cc(O)c2c(c1)C(=O)c1c(cc3c(c1O)-c1c(cc(C)c(C(=O)NC(C)C(=O)O)c1O)[C@H](OC1OC(C)C(N(C)C)C(OC(CO)OCCO)C1O)[C@H]3O)C2=O. The highest BCUT2D eigenvalue weighted by molar-refractivity contribution is 6.31. The molecule has 1 fully saturated rings. The number of nitrogens with zero attached hydrogens (tertiary/aromatic N) is 1. The van der Waals surface area contributed by atoms with Crippen LogP contribution in [-0.2, 0) is 23.7 Å². The largest absolute Gasteiger partial charge is 0.507 e. The van der Waals surface area contributed by atoms with Gasteiger partial charge in [0.2, 0.25) is 0 Å². The third kappa shape index (κ3) is 7.49. The van der Waals surface area contributed by atoms with Gasteiger partial charge in [-0.2, -0.15) is 0 Å². The molecule has 19 nitrogen and oxygen atoms in total. The molecule has 1 heterocycles. The number of aromatic hydroxyl groups is 3. The number of ether oxygens (including phenoxy) is 5. The lowest BCUT2D eigenvalue weighted by Gasteiger charge is -2.48. The predicted molar refractivity (Wildman–Crippen MR) is 201 cm³/mol. The van der Waals surface area contributed by atoms with E-state index in [1.54, 1.807) is 25.9 Å². The number of methoxy groups -OCH3 is 1. The highest BCUT2D eigenvalue weighted by Crippen LogP contribution is 2.57. The number of hydrogen-bond acceptors (Lipinski definition) is 17. The molecule has 1 saturated heterocycles. The van der Waals surface area contributed by atoms with Gasteiger partial charge < -0.3 is 74.8 Å². The Balaban J connectivity index is 1.53. The number of phenolic OH excluding ortho intramolecular Hbond substituents is 3. The van der Waals surface area contributed by atoms with Crippen molar-refractivity contribution in [3.8, 4) is 34.1 Å². The van der Waals surface area contributed by atoms with Crippen LogP contribution in [0.5, 0.6) is 23.0 Å². The van der Waals surface area contributed by atoms with Crippen LogP contribution in [0.2, 0.25) is 0 Å². The fourth-order valence-corrected chi connectivity index (χ4v) is 8.03. The average molecular weight is 827 g/mol. The Morgan fingerprint density at radius 1 is 0.932 bits per heavy atom. The Morgan fingerprint density at radius 3 is 2.19 bits per heavy atom. The first-order valence-corrected chi connectivity index (χ1v) is 18.5. The zero-order chi connectivity index (χ0) is 43.4. The van der Waals surface area contributed by atoms with Crippen LogP contribution in [0.4, 0.5) is 0 Å². The number of likely N-dealkylation sites (N-methyl/N-ethyl adjacent to an activating group) is 1. The second-order valence-corrected chi connectivity index (χ2v) is 14.7. The van der Waals surface area contributed by atoms with E-state index in [0.717, 1.165) is 12.1 Å². The fourth-order valence-electron chi connectivity index (χ4n) is 8.03. The van der Waals surface area contributed by atoms with Gasteiger partial charge in [-0.1, -0.05) is 6.07 Å². The number of fused-ring (bicyclic) bond motifs is 5. The van der Waals surface area contributed by atoms with Crippen LogP contribution in [0.1, 0.15) is 84.9 Å². The average Bonchev–Trinajstić information content (AvgIpc) is 3.17. The molecule has 0 radical (unpaired) electrons. The summed E-state index contributed by atoms with van der Waals surface area (Å²) in [7, 11) is 4.66. The molecular formula is C40H46N2O17. The maximum atomic E-state index is 14.1. The van der Waals surface area contributed by atoms with E-state index in [0.29, 0.717) is 0 Å². The number of amides is 1. The molecule has 0 aromatic heterocycles. The molecule has 3 aromatic rings. The molecule has 59 heavy (non-hydrogen) atoms. The number of aliphatic hydroxyl groups excluding tert-OH is 4. The number of phenols is 3. The highest BCUT2D eigenvalue weighted by Gasteiger charge is 2.50. The number of hydrogen-bond donors (Lipinski definition) is 9. The Bertz CT molecular complexity index is 2190. The molecule has 7 unspecified atom stereocenters. The van der Waals surface area contributed by atoms with E-state index < -0.39 is 125 Å². The van der Waals surface area contributed by atoms with Crippen molar-refractivity contribution in [2.24, 2.45) is 0 Å². The van der Waals surface area contributed by atoms with Gasteiger partial charge >= 0.3 is 5.97 Å². The van der Waals surface area contributed by atoms with E-state index in [2.05, 4.69) is 5.32 Å². The van der Waals surface area contributed by atoms with Gasteiger partial charge in [0.25, 0.3) is 5.91 Å². The van der Waals surface area contributed by atoms with Crippen molar-refractivity contribution in [2.75, 3.05) is 41.0 Å². The van der Waals surface area contributed by atoms with Gasteiger partial charge in [-0.15, -0.1) is 0 Å². The van der Waals surface area contributed by atoms with Gasteiger partial charge in [0, 0.05) is 28.3 Å². The minimum atomic E-state index is -1.86. The summed E-state index contributed by atoms with van der Waals surface area (Å²) in [6, 6.07) is 2.66. The lowest BCUT2D eigenvalue weighted by Crippen LogP contribution is -2.63. The number of aliphatic hydroxyl groups is 4. The zero-order valence-corrected chi connectivity index (χ0v) is 32.8. The van der Waals surface area contributed by atoms with Gasteiger partial charge in [-0.3, -0.25) is 19.2 Å². The van der Waals surface area contributed by atoms with Crippen LogP contribution in [0, 0.1) is 6.92 Å². The van der Waals surface area contributed by atoms with Crippen molar-refractivity contribution in [3.63, 3.8) is 0 Å².